The fourth-order valence-corrected chi connectivity index (χ4v) is 1.98. The Morgan fingerprint density at radius 2 is 2.10 bits per heavy atom. The fraction of sp³-hybridized carbons (Fsp3) is 0.636. The molecule has 1 aromatic heterocycles. The molecule has 0 bridgehead atoms. The minimum atomic E-state index is -1.08. The van der Waals surface area contributed by atoms with Gasteiger partial charge in [0.15, 0.2) is 0 Å². The zero-order valence-corrected chi connectivity index (χ0v) is 12.5. The van der Waals surface area contributed by atoms with E-state index in [1.807, 2.05) is 19.0 Å². The Kier molecular flexibility index (Phi) is 5.35. The molecule has 0 aliphatic carbocycles. The highest BCUT2D eigenvalue weighted by atomic mass is 16.6. The van der Waals surface area contributed by atoms with Crippen molar-refractivity contribution >= 4 is 17.5 Å². The third-order valence-electron chi connectivity index (χ3n) is 2.66. The normalized spacial score (nSPS) is 13.9. The first-order valence-corrected chi connectivity index (χ1v) is 6.27. The molecule has 0 radical (unpaired) electrons. The highest BCUT2D eigenvalue weighted by Gasteiger charge is 2.26. The minimum absolute atomic E-state index is 0.0134. The second kappa shape index (κ2) is 6.61. The lowest BCUT2D eigenvalue weighted by atomic mass is 10.1. The summed E-state index contributed by atoms with van der Waals surface area (Å²) in [5, 5.41) is 24.1. The molecule has 118 valence electrons. The Labute approximate surface area is 122 Å². The van der Waals surface area contributed by atoms with Gasteiger partial charge in [-0.05, 0) is 27.9 Å². The standard InChI is InChI=1S/C11H21N7O3/c1-7-8(18(20)21)9(15-10(14-7)16-12)13-5-11(2,19)6-17(3)4/h19H,5-6,12H2,1-4H3,(H2,13,14,15,16). The third-order valence-corrected chi connectivity index (χ3v) is 2.66. The number of nitrogens with two attached hydrogens (primary N) is 1. The van der Waals surface area contributed by atoms with Crippen LogP contribution in [0.1, 0.15) is 12.6 Å². The van der Waals surface area contributed by atoms with Crippen LogP contribution in [0, 0.1) is 17.0 Å². The molecule has 5 N–H and O–H groups in total. The lowest BCUT2D eigenvalue weighted by Crippen LogP contribution is -2.43. The summed E-state index contributed by atoms with van der Waals surface area (Å²) in [7, 11) is 3.64. The molecule has 0 fully saturated rings. The molecule has 1 unspecified atom stereocenters. The molecule has 1 heterocycles. The summed E-state index contributed by atoms with van der Waals surface area (Å²) < 4.78 is 0. The number of hydrogen-bond donors (Lipinski definition) is 4. The maximum atomic E-state index is 11.1. The smallest absolute Gasteiger partial charge is 0.332 e. The number of nitro groups is 1. The van der Waals surface area contributed by atoms with Crippen molar-refractivity contribution in [3.63, 3.8) is 0 Å². The number of nitrogens with one attached hydrogen (secondary N) is 2. The molecule has 1 aromatic rings. The monoisotopic (exact) mass is 299 g/mol. The largest absolute Gasteiger partial charge is 0.387 e. The summed E-state index contributed by atoms with van der Waals surface area (Å²) in [4.78, 5) is 20.1. The van der Waals surface area contributed by atoms with Crippen LogP contribution in [-0.2, 0) is 0 Å². The maximum Gasteiger partial charge on any atom is 0.332 e. The van der Waals surface area contributed by atoms with E-state index < -0.39 is 10.5 Å². The third kappa shape index (κ3) is 4.77. The van der Waals surface area contributed by atoms with E-state index in [2.05, 4.69) is 20.7 Å². The first kappa shape index (κ1) is 17.0. The number of nitrogen functional groups attached to an aromatic ring is 1. The number of hydrogen-bond acceptors (Lipinski definition) is 9. The minimum Gasteiger partial charge on any atom is -0.387 e. The van der Waals surface area contributed by atoms with Crippen molar-refractivity contribution in [2.45, 2.75) is 19.4 Å². The maximum absolute atomic E-state index is 11.1. The van der Waals surface area contributed by atoms with Crippen LogP contribution in [0.25, 0.3) is 0 Å². The van der Waals surface area contributed by atoms with Crippen LogP contribution < -0.4 is 16.6 Å². The summed E-state index contributed by atoms with van der Waals surface area (Å²) in [6.45, 7) is 3.60. The van der Waals surface area contributed by atoms with E-state index in [0.717, 1.165) is 0 Å². The van der Waals surface area contributed by atoms with Crippen molar-refractivity contribution in [2.24, 2.45) is 5.84 Å². The number of aryl methyl sites for hydroxylation is 1. The number of likely N-dealkylation sites (N-methyl/N-ethyl adjacent to an activating group) is 1. The van der Waals surface area contributed by atoms with Gasteiger partial charge < -0.3 is 15.3 Å². The summed E-state index contributed by atoms with van der Waals surface area (Å²) >= 11 is 0. The lowest BCUT2D eigenvalue weighted by Gasteiger charge is -2.27. The van der Waals surface area contributed by atoms with Crippen molar-refractivity contribution in [3.05, 3.63) is 15.8 Å². The predicted octanol–water partition coefficient (Wildman–Crippen LogP) is -0.297. The van der Waals surface area contributed by atoms with Gasteiger partial charge in [0.1, 0.15) is 5.69 Å². The molecule has 21 heavy (non-hydrogen) atoms. The van der Waals surface area contributed by atoms with Crippen LogP contribution in [0.2, 0.25) is 0 Å². The molecule has 10 heteroatoms. The molecule has 1 atom stereocenters. The van der Waals surface area contributed by atoms with Gasteiger partial charge in [0, 0.05) is 13.1 Å². The van der Waals surface area contributed by atoms with E-state index in [1.165, 1.54) is 6.92 Å². The second-order valence-electron chi connectivity index (χ2n) is 5.32. The Hall–Kier alpha value is -2.04. The van der Waals surface area contributed by atoms with Gasteiger partial charge in [0.05, 0.1) is 10.5 Å². The zero-order chi connectivity index (χ0) is 16.2. The molecule has 0 aliphatic rings. The van der Waals surface area contributed by atoms with E-state index in [4.69, 9.17) is 5.84 Å². The predicted molar refractivity (Wildman–Crippen MR) is 78.9 cm³/mol. The van der Waals surface area contributed by atoms with Crippen molar-refractivity contribution in [1.82, 2.24) is 14.9 Å². The van der Waals surface area contributed by atoms with E-state index in [0.29, 0.717) is 6.54 Å². The zero-order valence-electron chi connectivity index (χ0n) is 12.5. The highest BCUT2D eigenvalue weighted by Crippen LogP contribution is 2.26. The van der Waals surface area contributed by atoms with Crippen molar-refractivity contribution in [2.75, 3.05) is 37.9 Å². The average Bonchev–Trinajstić information content (AvgIpc) is 2.33. The summed E-state index contributed by atoms with van der Waals surface area (Å²) in [5.41, 5.74) is 1.11. The van der Waals surface area contributed by atoms with Crippen LogP contribution in [0.3, 0.4) is 0 Å². The number of anilines is 2. The SMILES string of the molecule is Cc1nc(NN)nc(NCC(C)(O)CN(C)C)c1[N+](=O)[O-]. The van der Waals surface area contributed by atoms with E-state index in [1.54, 1.807) is 6.92 Å². The van der Waals surface area contributed by atoms with Gasteiger partial charge in [-0.1, -0.05) is 0 Å². The molecule has 0 saturated carbocycles. The Morgan fingerprint density at radius 3 is 2.57 bits per heavy atom. The number of aromatic nitrogens is 2. The summed E-state index contributed by atoms with van der Waals surface area (Å²) in [6, 6.07) is 0. The Morgan fingerprint density at radius 1 is 1.48 bits per heavy atom. The Bertz CT molecular complexity index is 519. The van der Waals surface area contributed by atoms with Gasteiger partial charge >= 0.3 is 5.69 Å². The van der Waals surface area contributed by atoms with Crippen LogP contribution in [0.4, 0.5) is 17.5 Å². The van der Waals surface area contributed by atoms with Crippen LogP contribution in [0.5, 0.6) is 0 Å². The lowest BCUT2D eigenvalue weighted by molar-refractivity contribution is -0.385. The molecule has 0 amide bonds. The fourth-order valence-electron chi connectivity index (χ4n) is 1.98. The van der Waals surface area contributed by atoms with Crippen molar-refractivity contribution in [1.29, 1.82) is 0 Å². The van der Waals surface area contributed by atoms with Gasteiger partial charge in [-0.15, -0.1) is 0 Å². The number of aliphatic hydroxyl groups is 1. The molecule has 10 nitrogen and oxygen atoms in total. The van der Waals surface area contributed by atoms with Gasteiger partial charge in [-0.2, -0.15) is 4.98 Å². The summed E-state index contributed by atoms with van der Waals surface area (Å²) in [5.74, 6) is 5.31. The van der Waals surface area contributed by atoms with Crippen LogP contribution >= 0.6 is 0 Å². The summed E-state index contributed by atoms with van der Waals surface area (Å²) in [6.07, 6.45) is 0. The van der Waals surface area contributed by atoms with Crippen molar-refractivity contribution < 1.29 is 10.0 Å². The van der Waals surface area contributed by atoms with Gasteiger partial charge in [0.25, 0.3) is 0 Å². The Balaban J connectivity index is 3.01. The van der Waals surface area contributed by atoms with Crippen LogP contribution in [0.15, 0.2) is 0 Å². The highest BCUT2D eigenvalue weighted by molar-refractivity contribution is 5.60. The van der Waals surface area contributed by atoms with E-state index in [-0.39, 0.29) is 29.7 Å². The molecular formula is C11H21N7O3. The second-order valence-corrected chi connectivity index (χ2v) is 5.32. The van der Waals surface area contributed by atoms with E-state index >= 15 is 0 Å². The first-order chi connectivity index (χ1) is 9.66. The first-order valence-electron chi connectivity index (χ1n) is 6.27. The van der Waals surface area contributed by atoms with E-state index in [9.17, 15) is 15.2 Å². The quantitative estimate of drug-likeness (QED) is 0.303. The number of rotatable bonds is 7. The van der Waals surface area contributed by atoms with Gasteiger partial charge in [0.2, 0.25) is 11.8 Å². The molecule has 0 aromatic carbocycles. The average molecular weight is 299 g/mol. The molecule has 1 rings (SSSR count). The molecule has 0 spiro atoms. The molecule has 0 saturated heterocycles. The molecular weight excluding hydrogens is 278 g/mol. The molecule has 0 aliphatic heterocycles. The van der Waals surface area contributed by atoms with Gasteiger partial charge in [-0.25, -0.2) is 10.8 Å². The number of hydrazine groups is 1. The topological polar surface area (TPSA) is 142 Å². The van der Waals surface area contributed by atoms with Crippen molar-refractivity contribution in [3.8, 4) is 0 Å². The van der Waals surface area contributed by atoms with Crippen LogP contribution in [-0.4, -0.2) is 57.7 Å². The number of nitrogens with zero attached hydrogens (tertiary/aromatic N) is 4. The van der Waals surface area contributed by atoms with Gasteiger partial charge in [-0.3, -0.25) is 15.5 Å².